The van der Waals surface area contributed by atoms with Gasteiger partial charge in [0.1, 0.15) is 0 Å². The molecule has 0 aliphatic carbocycles. The van der Waals surface area contributed by atoms with Gasteiger partial charge in [-0.1, -0.05) is 17.7 Å². The van der Waals surface area contributed by atoms with Gasteiger partial charge in [-0.2, -0.15) is 0 Å². The Labute approximate surface area is 149 Å². The van der Waals surface area contributed by atoms with Gasteiger partial charge in [-0.15, -0.1) is 0 Å². The summed E-state index contributed by atoms with van der Waals surface area (Å²) < 4.78 is 0. The summed E-state index contributed by atoms with van der Waals surface area (Å²) >= 11 is 6.08. The maximum Gasteiger partial charge on any atom is 0.263 e. The van der Waals surface area contributed by atoms with Crippen LogP contribution in [-0.4, -0.2) is 33.2 Å². The second-order valence-corrected chi connectivity index (χ2v) is 6.38. The van der Waals surface area contributed by atoms with Crippen molar-refractivity contribution in [1.82, 2.24) is 14.9 Å². The number of aryl methyl sites for hydroxylation is 1. The van der Waals surface area contributed by atoms with E-state index in [1.165, 1.54) is 4.90 Å². The van der Waals surface area contributed by atoms with E-state index in [4.69, 9.17) is 11.6 Å². The van der Waals surface area contributed by atoms with E-state index in [9.17, 15) is 9.59 Å². The summed E-state index contributed by atoms with van der Waals surface area (Å²) in [6, 6.07) is 10.8. The van der Waals surface area contributed by atoms with Crippen molar-refractivity contribution in [3.63, 3.8) is 0 Å². The number of fused-ring (bicyclic) bond motifs is 3. The molecule has 0 atom stereocenters. The number of amides is 2. The van der Waals surface area contributed by atoms with Crippen molar-refractivity contribution in [2.24, 2.45) is 0 Å². The Balaban J connectivity index is 1.75. The predicted octanol–water partition coefficient (Wildman–Crippen LogP) is 3.43. The van der Waals surface area contributed by atoms with E-state index < -0.39 is 0 Å². The first-order chi connectivity index (χ1) is 12.1. The van der Waals surface area contributed by atoms with Crippen LogP contribution in [0.5, 0.6) is 0 Å². The molecular formula is C19H14ClN3O2. The Hall–Kier alpha value is -2.79. The van der Waals surface area contributed by atoms with Gasteiger partial charge in [0, 0.05) is 35.3 Å². The second kappa shape index (κ2) is 5.93. The summed E-state index contributed by atoms with van der Waals surface area (Å²) in [5.74, 6) is -0.600. The van der Waals surface area contributed by atoms with Crippen LogP contribution >= 0.6 is 11.6 Å². The third-order valence-electron chi connectivity index (χ3n) is 4.36. The largest absolute Gasteiger partial charge is 0.274 e. The Morgan fingerprint density at radius 2 is 1.88 bits per heavy atom. The Morgan fingerprint density at radius 3 is 2.64 bits per heavy atom. The van der Waals surface area contributed by atoms with Crippen LogP contribution in [0.25, 0.3) is 10.9 Å². The van der Waals surface area contributed by atoms with Gasteiger partial charge in [0.15, 0.2) is 0 Å². The van der Waals surface area contributed by atoms with Gasteiger partial charge in [-0.25, -0.2) is 0 Å². The fourth-order valence-electron chi connectivity index (χ4n) is 3.18. The van der Waals surface area contributed by atoms with Crippen LogP contribution in [0, 0.1) is 6.92 Å². The van der Waals surface area contributed by atoms with Crippen molar-refractivity contribution in [1.29, 1.82) is 0 Å². The van der Waals surface area contributed by atoms with Gasteiger partial charge in [-0.3, -0.25) is 24.5 Å². The molecule has 6 heteroatoms. The van der Waals surface area contributed by atoms with Crippen LogP contribution in [0.1, 0.15) is 32.1 Å². The highest BCUT2D eigenvalue weighted by molar-refractivity contribution is 6.32. The Kier molecular flexibility index (Phi) is 3.73. The molecule has 4 rings (SSSR count). The number of nitrogens with zero attached hydrogens (tertiary/aromatic N) is 3. The molecule has 0 saturated heterocycles. The van der Waals surface area contributed by atoms with E-state index >= 15 is 0 Å². The molecule has 1 aromatic carbocycles. The third kappa shape index (κ3) is 2.57. The van der Waals surface area contributed by atoms with Crippen molar-refractivity contribution in [2.75, 3.05) is 6.54 Å². The quantitative estimate of drug-likeness (QED) is 0.678. The number of carbonyl (C=O) groups is 2. The Bertz CT molecular complexity index is 1020. The van der Waals surface area contributed by atoms with E-state index in [0.717, 1.165) is 5.69 Å². The molecule has 0 fully saturated rings. The fourth-order valence-corrected chi connectivity index (χ4v) is 3.35. The minimum Gasteiger partial charge on any atom is -0.274 e. The Morgan fingerprint density at radius 1 is 1.08 bits per heavy atom. The molecule has 3 aromatic rings. The van der Waals surface area contributed by atoms with Crippen molar-refractivity contribution in [3.8, 4) is 0 Å². The van der Waals surface area contributed by atoms with E-state index in [-0.39, 0.29) is 18.4 Å². The molecule has 2 amide bonds. The highest BCUT2D eigenvalue weighted by Crippen LogP contribution is 2.32. The van der Waals surface area contributed by atoms with Crippen LogP contribution in [0.4, 0.5) is 0 Å². The molecule has 1 aliphatic rings. The molecule has 0 N–H and O–H groups in total. The van der Waals surface area contributed by atoms with Crippen LogP contribution in [0.2, 0.25) is 5.02 Å². The molecule has 124 valence electrons. The summed E-state index contributed by atoms with van der Waals surface area (Å²) in [4.78, 5) is 35.7. The molecule has 0 saturated carbocycles. The summed E-state index contributed by atoms with van der Waals surface area (Å²) in [6.45, 7) is 2.03. The number of aromatic nitrogens is 2. The minimum absolute atomic E-state index is 0.283. The zero-order valence-corrected chi connectivity index (χ0v) is 14.2. The molecular weight excluding hydrogens is 338 g/mol. The lowest BCUT2D eigenvalue weighted by atomic mass is 10.0. The molecule has 0 radical (unpaired) electrons. The van der Waals surface area contributed by atoms with Crippen molar-refractivity contribution >= 4 is 34.3 Å². The van der Waals surface area contributed by atoms with Crippen molar-refractivity contribution in [3.05, 3.63) is 70.1 Å². The molecule has 0 unspecified atom stereocenters. The second-order valence-electron chi connectivity index (χ2n) is 5.94. The lowest BCUT2D eigenvalue weighted by Gasteiger charge is -2.13. The van der Waals surface area contributed by atoms with Gasteiger partial charge >= 0.3 is 0 Å². The van der Waals surface area contributed by atoms with Crippen LogP contribution < -0.4 is 0 Å². The van der Waals surface area contributed by atoms with Crippen LogP contribution in [-0.2, 0) is 6.42 Å². The van der Waals surface area contributed by atoms with Crippen LogP contribution in [0.3, 0.4) is 0 Å². The van der Waals surface area contributed by atoms with Gasteiger partial charge in [0.05, 0.1) is 22.3 Å². The standard InChI is InChI=1S/C19H14ClN3O2/c1-11-16-17(14-10-12(20)5-6-15(14)22-11)19(25)23(18(16)24)9-7-13-4-2-3-8-21-13/h2-6,8,10H,7,9H2,1H3. The molecule has 25 heavy (non-hydrogen) atoms. The number of carbonyl (C=O) groups excluding carboxylic acids is 2. The van der Waals surface area contributed by atoms with Crippen molar-refractivity contribution in [2.45, 2.75) is 13.3 Å². The average Bonchev–Trinajstić information content (AvgIpc) is 2.86. The first-order valence-corrected chi connectivity index (χ1v) is 8.30. The maximum atomic E-state index is 12.9. The number of imide groups is 1. The van der Waals surface area contributed by atoms with Gasteiger partial charge in [-0.05, 0) is 37.3 Å². The first kappa shape index (κ1) is 15.7. The molecule has 1 aliphatic heterocycles. The van der Waals surface area contributed by atoms with Crippen LogP contribution in [0.15, 0.2) is 42.6 Å². The number of hydrogen-bond donors (Lipinski definition) is 0. The number of pyridine rings is 2. The van der Waals surface area contributed by atoms with Gasteiger partial charge < -0.3 is 0 Å². The van der Waals surface area contributed by atoms with E-state index in [1.54, 1.807) is 31.3 Å². The van der Waals surface area contributed by atoms with E-state index in [2.05, 4.69) is 9.97 Å². The zero-order valence-electron chi connectivity index (χ0n) is 13.5. The van der Waals surface area contributed by atoms with Gasteiger partial charge in [0.2, 0.25) is 0 Å². The smallest absolute Gasteiger partial charge is 0.263 e. The minimum atomic E-state index is -0.303. The SMILES string of the molecule is Cc1nc2ccc(Cl)cc2c2c1C(=O)N(CCc1ccccn1)C2=O. The zero-order chi connectivity index (χ0) is 17.6. The summed E-state index contributed by atoms with van der Waals surface area (Å²) in [6.07, 6.45) is 2.21. The molecule has 3 heterocycles. The maximum absolute atomic E-state index is 12.9. The first-order valence-electron chi connectivity index (χ1n) is 7.92. The predicted molar refractivity (Wildman–Crippen MR) is 94.8 cm³/mol. The molecule has 5 nitrogen and oxygen atoms in total. The summed E-state index contributed by atoms with van der Waals surface area (Å²) in [5.41, 5.74) is 2.83. The lowest BCUT2D eigenvalue weighted by Crippen LogP contribution is -2.32. The third-order valence-corrected chi connectivity index (χ3v) is 4.60. The van der Waals surface area contributed by atoms with E-state index in [1.807, 2.05) is 18.2 Å². The molecule has 0 spiro atoms. The number of rotatable bonds is 3. The molecule has 2 aromatic heterocycles. The average molecular weight is 352 g/mol. The number of halogens is 1. The normalized spacial score (nSPS) is 13.6. The molecule has 0 bridgehead atoms. The topological polar surface area (TPSA) is 63.2 Å². The number of benzene rings is 1. The summed E-state index contributed by atoms with van der Waals surface area (Å²) in [5, 5.41) is 1.12. The highest BCUT2D eigenvalue weighted by Gasteiger charge is 2.38. The van der Waals surface area contributed by atoms with Crippen molar-refractivity contribution < 1.29 is 9.59 Å². The summed E-state index contributed by atoms with van der Waals surface area (Å²) in [7, 11) is 0. The highest BCUT2D eigenvalue weighted by atomic mass is 35.5. The van der Waals surface area contributed by atoms with Gasteiger partial charge in [0.25, 0.3) is 11.8 Å². The monoisotopic (exact) mass is 351 g/mol. The number of hydrogen-bond acceptors (Lipinski definition) is 4. The lowest BCUT2D eigenvalue weighted by molar-refractivity contribution is 0.0656. The van der Waals surface area contributed by atoms with E-state index in [0.29, 0.717) is 39.2 Å². The fraction of sp³-hybridized carbons (Fsp3) is 0.158.